The fourth-order valence-corrected chi connectivity index (χ4v) is 3.30. The van der Waals surface area contributed by atoms with E-state index in [1.807, 2.05) is 42.5 Å². The van der Waals surface area contributed by atoms with E-state index in [1.165, 1.54) is 0 Å². The molecule has 8 heteroatoms. The Labute approximate surface area is 168 Å². The topological polar surface area (TPSA) is 105 Å². The highest BCUT2D eigenvalue weighted by Gasteiger charge is 2.20. The Balaban J connectivity index is 1.83. The summed E-state index contributed by atoms with van der Waals surface area (Å²) in [4.78, 5) is 23.0. The number of hydrogen-bond acceptors (Lipinski definition) is 6. The van der Waals surface area contributed by atoms with Crippen molar-refractivity contribution < 1.29 is 24.0 Å². The van der Waals surface area contributed by atoms with E-state index in [0.29, 0.717) is 24.2 Å². The average molecular weight is 397 g/mol. The lowest BCUT2D eigenvalue weighted by atomic mass is 10.0. The van der Waals surface area contributed by atoms with E-state index in [0.717, 1.165) is 27.0 Å². The highest BCUT2D eigenvalue weighted by molar-refractivity contribution is 5.99. The van der Waals surface area contributed by atoms with Gasteiger partial charge in [0.1, 0.15) is 23.5 Å². The predicted octanol–water partition coefficient (Wildman–Crippen LogP) is 2.81. The standard InChI is InChI=1S/C21H23N3O5/c1-22-14(13-24(9-10-25)21(26)27)11-15-12-19(23-29-15)17-7-8-20(28-2)18-6-4-3-5-16(17)18/h3-8,10,12,14,22H,9,11,13H2,1-2H3,(H,26,27). The number of nitrogens with one attached hydrogen (secondary N) is 1. The van der Waals surface area contributed by atoms with Crippen molar-refractivity contribution in [1.29, 1.82) is 0 Å². The van der Waals surface area contributed by atoms with Gasteiger partial charge in [0.05, 0.1) is 13.7 Å². The number of amides is 1. The van der Waals surface area contributed by atoms with Crippen LogP contribution in [-0.4, -0.2) is 60.8 Å². The predicted molar refractivity (Wildman–Crippen MR) is 108 cm³/mol. The van der Waals surface area contributed by atoms with E-state index in [-0.39, 0.29) is 19.1 Å². The zero-order valence-corrected chi connectivity index (χ0v) is 16.3. The lowest BCUT2D eigenvalue weighted by Gasteiger charge is -2.22. The maximum atomic E-state index is 11.3. The maximum Gasteiger partial charge on any atom is 0.407 e. The average Bonchev–Trinajstić information content (AvgIpc) is 3.20. The van der Waals surface area contributed by atoms with Gasteiger partial charge in [-0.3, -0.25) is 4.90 Å². The Morgan fingerprint density at radius 2 is 2.07 bits per heavy atom. The van der Waals surface area contributed by atoms with Gasteiger partial charge >= 0.3 is 6.09 Å². The number of carbonyl (C=O) groups excluding carboxylic acids is 1. The molecule has 0 bridgehead atoms. The number of rotatable bonds is 9. The molecule has 2 aromatic carbocycles. The normalized spacial score (nSPS) is 11.9. The van der Waals surface area contributed by atoms with Crippen molar-refractivity contribution in [3.63, 3.8) is 0 Å². The molecule has 0 aliphatic rings. The molecule has 0 spiro atoms. The minimum Gasteiger partial charge on any atom is -0.496 e. The van der Waals surface area contributed by atoms with Crippen molar-refractivity contribution in [2.45, 2.75) is 12.5 Å². The molecule has 1 amide bonds. The number of hydrogen-bond donors (Lipinski definition) is 2. The summed E-state index contributed by atoms with van der Waals surface area (Å²) in [7, 11) is 3.37. The molecule has 1 atom stereocenters. The third kappa shape index (κ3) is 4.55. The van der Waals surface area contributed by atoms with Crippen LogP contribution in [0.4, 0.5) is 4.79 Å². The SMILES string of the molecule is CNC(Cc1cc(-c2ccc(OC)c3ccccc23)no1)CN(CC=O)C(=O)O. The second kappa shape index (κ2) is 9.20. The van der Waals surface area contributed by atoms with Crippen molar-refractivity contribution in [1.82, 2.24) is 15.4 Å². The molecule has 8 nitrogen and oxygen atoms in total. The van der Waals surface area contributed by atoms with Crippen LogP contribution in [0.25, 0.3) is 22.0 Å². The van der Waals surface area contributed by atoms with Crippen molar-refractivity contribution in [3.05, 3.63) is 48.2 Å². The van der Waals surface area contributed by atoms with Gasteiger partial charge in [-0.05, 0) is 24.6 Å². The number of carboxylic acid groups (broad SMARTS) is 1. The fourth-order valence-electron chi connectivity index (χ4n) is 3.30. The van der Waals surface area contributed by atoms with Crippen molar-refractivity contribution in [2.75, 3.05) is 27.2 Å². The van der Waals surface area contributed by atoms with E-state index < -0.39 is 6.09 Å². The first-order chi connectivity index (χ1) is 14.1. The Hall–Kier alpha value is -3.39. The van der Waals surface area contributed by atoms with Gasteiger partial charge in [0.25, 0.3) is 0 Å². The largest absolute Gasteiger partial charge is 0.496 e. The molecule has 0 saturated heterocycles. The maximum absolute atomic E-state index is 11.3. The van der Waals surface area contributed by atoms with Crippen LogP contribution < -0.4 is 10.1 Å². The van der Waals surface area contributed by atoms with Crippen LogP contribution in [0.1, 0.15) is 5.76 Å². The van der Waals surface area contributed by atoms with E-state index in [1.54, 1.807) is 14.2 Å². The highest BCUT2D eigenvalue weighted by Crippen LogP contribution is 2.34. The molecule has 3 aromatic rings. The minimum atomic E-state index is -1.14. The summed E-state index contributed by atoms with van der Waals surface area (Å²) in [5.74, 6) is 1.41. The first-order valence-corrected chi connectivity index (χ1v) is 9.17. The molecule has 1 unspecified atom stereocenters. The number of fused-ring (bicyclic) bond motifs is 1. The molecule has 0 aliphatic carbocycles. The number of likely N-dealkylation sites (N-methyl/N-ethyl adjacent to an activating group) is 1. The second-order valence-electron chi connectivity index (χ2n) is 6.58. The van der Waals surface area contributed by atoms with Gasteiger partial charge in [-0.15, -0.1) is 0 Å². The number of methoxy groups -OCH3 is 1. The molecule has 0 fully saturated rings. The smallest absolute Gasteiger partial charge is 0.407 e. The van der Waals surface area contributed by atoms with Gasteiger partial charge in [0.2, 0.25) is 0 Å². The molecule has 2 N–H and O–H groups in total. The Morgan fingerprint density at radius 3 is 2.72 bits per heavy atom. The van der Waals surface area contributed by atoms with Crippen LogP contribution in [0.15, 0.2) is 47.0 Å². The Kier molecular flexibility index (Phi) is 6.46. The lowest BCUT2D eigenvalue weighted by Crippen LogP contribution is -2.43. The number of benzene rings is 2. The van der Waals surface area contributed by atoms with E-state index >= 15 is 0 Å². The molecular weight excluding hydrogens is 374 g/mol. The molecule has 0 radical (unpaired) electrons. The highest BCUT2D eigenvalue weighted by atomic mass is 16.5. The van der Waals surface area contributed by atoms with Crippen LogP contribution in [0.5, 0.6) is 5.75 Å². The van der Waals surface area contributed by atoms with E-state index in [9.17, 15) is 14.7 Å². The van der Waals surface area contributed by atoms with E-state index in [2.05, 4.69) is 10.5 Å². The number of carbonyl (C=O) groups is 2. The summed E-state index contributed by atoms with van der Waals surface area (Å²) >= 11 is 0. The van der Waals surface area contributed by atoms with Gasteiger partial charge in [-0.1, -0.05) is 29.4 Å². The van der Waals surface area contributed by atoms with Crippen molar-refractivity contribution >= 4 is 23.2 Å². The van der Waals surface area contributed by atoms with Crippen LogP contribution in [0, 0.1) is 0 Å². The summed E-state index contributed by atoms with van der Waals surface area (Å²) < 4.78 is 10.9. The lowest BCUT2D eigenvalue weighted by molar-refractivity contribution is -0.108. The molecule has 1 heterocycles. The summed E-state index contributed by atoms with van der Waals surface area (Å²) in [6.45, 7) is -0.0148. The number of aromatic nitrogens is 1. The fraction of sp³-hybridized carbons (Fsp3) is 0.286. The van der Waals surface area contributed by atoms with Crippen LogP contribution in [-0.2, 0) is 11.2 Å². The molecule has 0 aliphatic heterocycles. The second-order valence-corrected chi connectivity index (χ2v) is 6.58. The summed E-state index contributed by atoms with van der Waals surface area (Å²) in [6.07, 6.45) is -0.136. The van der Waals surface area contributed by atoms with E-state index in [4.69, 9.17) is 9.26 Å². The van der Waals surface area contributed by atoms with Crippen LogP contribution in [0.2, 0.25) is 0 Å². The number of ether oxygens (including phenoxy) is 1. The van der Waals surface area contributed by atoms with Crippen LogP contribution in [0.3, 0.4) is 0 Å². The minimum absolute atomic E-state index is 0.159. The molecule has 152 valence electrons. The van der Waals surface area contributed by atoms with Gasteiger partial charge in [0.15, 0.2) is 0 Å². The van der Waals surface area contributed by atoms with Crippen molar-refractivity contribution in [2.24, 2.45) is 0 Å². The number of aldehydes is 1. The number of nitrogens with zero attached hydrogens (tertiary/aromatic N) is 2. The summed E-state index contributed by atoms with van der Waals surface area (Å²) in [6, 6.07) is 13.4. The first-order valence-electron chi connectivity index (χ1n) is 9.17. The van der Waals surface area contributed by atoms with Gasteiger partial charge in [-0.25, -0.2) is 4.79 Å². The monoisotopic (exact) mass is 397 g/mol. The molecule has 29 heavy (non-hydrogen) atoms. The third-order valence-electron chi connectivity index (χ3n) is 4.80. The summed E-state index contributed by atoms with van der Waals surface area (Å²) in [5, 5.41) is 18.4. The molecule has 1 aromatic heterocycles. The Morgan fingerprint density at radius 1 is 1.31 bits per heavy atom. The quantitative estimate of drug-likeness (QED) is 0.535. The first kappa shape index (κ1) is 20.3. The molecule has 0 saturated carbocycles. The third-order valence-corrected chi connectivity index (χ3v) is 4.80. The van der Waals surface area contributed by atoms with Gasteiger partial charge < -0.3 is 24.5 Å². The summed E-state index contributed by atoms with van der Waals surface area (Å²) in [5.41, 5.74) is 1.61. The molecule has 3 rings (SSSR count). The Bertz CT molecular complexity index is 1000. The van der Waals surface area contributed by atoms with Gasteiger partial charge in [-0.2, -0.15) is 0 Å². The zero-order valence-electron chi connectivity index (χ0n) is 16.3. The molecular formula is C21H23N3O5. The van der Waals surface area contributed by atoms with Gasteiger partial charge in [0, 0.05) is 36.0 Å². The van der Waals surface area contributed by atoms with Crippen molar-refractivity contribution in [3.8, 4) is 17.0 Å². The zero-order chi connectivity index (χ0) is 20.8. The van der Waals surface area contributed by atoms with Crippen LogP contribution >= 0.6 is 0 Å².